The molecule has 0 aliphatic carbocycles. The lowest BCUT2D eigenvalue weighted by Crippen LogP contribution is -2.30. The number of anilines is 2. The first kappa shape index (κ1) is 13.8. The fraction of sp³-hybridized carbons (Fsp3) is 0.389. The third-order valence-corrected chi connectivity index (χ3v) is 5.37. The number of benzene rings is 1. The van der Waals surface area contributed by atoms with E-state index < -0.39 is 0 Å². The molecular weight excluding hydrogens is 300 g/mol. The second-order valence-electron chi connectivity index (χ2n) is 6.84. The number of aryl methyl sites for hydroxylation is 1. The van der Waals surface area contributed by atoms with Crippen LogP contribution in [0.1, 0.15) is 0 Å². The van der Waals surface area contributed by atoms with E-state index >= 15 is 0 Å². The van der Waals surface area contributed by atoms with E-state index in [-0.39, 0.29) is 0 Å². The molecule has 0 radical (unpaired) electrons. The van der Waals surface area contributed by atoms with Gasteiger partial charge in [0.1, 0.15) is 0 Å². The number of aromatic nitrogens is 4. The quantitative estimate of drug-likeness (QED) is 0.722. The Morgan fingerprint density at radius 2 is 1.54 bits per heavy atom. The Bertz CT molecular complexity index is 860. The highest BCUT2D eigenvalue weighted by atomic mass is 15.4. The molecule has 122 valence electrons. The maximum absolute atomic E-state index is 4.85. The minimum atomic E-state index is 0.661. The van der Waals surface area contributed by atoms with Gasteiger partial charge in [-0.3, -0.25) is 0 Å². The molecule has 0 amide bonds. The van der Waals surface area contributed by atoms with E-state index in [9.17, 15) is 0 Å². The van der Waals surface area contributed by atoms with Crippen molar-refractivity contribution >= 4 is 22.9 Å². The van der Waals surface area contributed by atoms with Crippen LogP contribution in [0.2, 0.25) is 0 Å². The third kappa shape index (κ3) is 2.06. The van der Waals surface area contributed by atoms with Crippen LogP contribution in [0.25, 0.3) is 11.0 Å². The zero-order chi connectivity index (χ0) is 16.1. The maximum Gasteiger partial charge on any atom is 0.225 e. The second-order valence-corrected chi connectivity index (χ2v) is 6.84. The van der Waals surface area contributed by atoms with Crippen molar-refractivity contribution in [2.24, 2.45) is 18.9 Å². The van der Waals surface area contributed by atoms with E-state index in [1.54, 1.807) is 0 Å². The molecule has 0 saturated carbocycles. The number of nitrogens with zero attached hydrogens (tertiary/aromatic N) is 6. The highest BCUT2D eigenvalue weighted by Gasteiger charge is 2.41. The molecular formula is C18H20N6. The van der Waals surface area contributed by atoms with Crippen molar-refractivity contribution in [3.63, 3.8) is 0 Å². The lowest BCUT2D eigenvalue weighted by atomic mass is 10.0. The molecule has 24 heavy (non-hydrogen) atoms. The van der Waals surface area contributed by atoms with Crippen molar-refractivity contribution in [1.82, 2.24) is 19.5 Å². The summed E-state index contributed by atoms with van der Waals surface area (Å²) >= 11 is 0. The van der Waals surface area contributed by atoms with Crippen LogP contribution in [0.15, 0.2) is 42.7 Å². The number of hydrogen-bond acceptors (Lipinski definition) is 5. The molecule has 5 rings (SSSR count). The Balaban J connectivity index is 1.37. The summed E-state index contributed by atoms with van der Waals surface area (Å²) in [4.78, 5) is 18.4. The molecule has 4 heterocycles. The summed E-state index contributed by atoms with van der Waals surface area (Å²) in [6.45, 7) is 4.20. The summed E-state index contributed by atoms with van der Waals surface area (Å²) in [5, 5.41) is 0. The predicted molar refractivity (Wildman–Crippen MR) is 94.2 cm³/mol. The van der Waals surface area contributed by atoms with E-state index in [0.717, 1.165) is 43.6 Å². The maximum atomic E-state index is 4.85. The first-order chi connectivity index (χ1) is 11.8. The van der Waals surface area contributed by atoms with Gasteiger partial charge in [0.15, 0.2) is 0 Å². The molecule has 0 N–H and O–H groups in total. The average Bonchev–Trinajstić information content (AvgIpc) is 3.27. The number of fused-ring (bicyclic) bond motifs is 2. The molecule has 1 aromatic carbocycles. The van der Waals surface area contributed by atoms with Gasteiger partial charge in [-0.25, -0.2) is 15.0 Å². The smallest absolute Gasteiger partial charge is 0.225 e. The van der Waals surface area contributed by atoms with Crippen molar-refractivity contribution in [3.8, 4) is 0 Å². The van der Waals surface area contributed by atoms with Gasteiger partial charge in [0.2, 0.25) is 11.9 Å². The van der Waals surface area contributed by atoms with Crippen LogP contribution in [0.3, 0.4) is 0 Å². The molecule has 2 atom stereocenters. The van der Waals surface area contributed by atoms with Crippen LogP contribution in [0.5, 0.6) is 0 Å². The Labute approximate surface area is 140 Å². The van der Waals surface area contributed by atoms with Crippen molar-refractivity contribution in [2.45, 2.75) is 0 Å². The summed E-state index contributed by atoms with van der Waals surface area (Å²) in [5.74, 6) is 3.27. The Hall–Kier alpha value is -2.63. The molecule has 0 bridgehead atoms. The lowest BCUT2D eigenvalue weighted by molar-refractivity contribution is 0.533. The minimum Gasteiger partial charge on any atom is -0.342 e. The van der Waals surface area contributed by atoms with Crippen LogP contribution < -0.4 is 9.80 Å². The minimum absolute atomic E-state index is 0.661. The summed E-state index contributed by atoms with van der Waals surface area (Å²) in [6.07, 6.45) is 3.64. The van der Waals surface area contributed by atoms with Crippen LogP contribution in [-0.4, -0.2) is 45.7 Å². The molecule has 6 heteroatoms. The molecule has 2 aliphatic heterocycles. The number of rotatable bonds is 2. The van der Waals surface area contributed by atoms with Gasteiger partial charge in [-0.1, -0.05) is 12.1 Å². The predicted octanol–water partition coefficient (Wildman–Crippen LogP) is 1.94. The molecule has 0 spiro atoms. The lowest BCUT2D eigenvalue weighted by Gasteiger charge is -2.22. The largest absolute Gasteiger partial charge is 0.342 e. The summed E-state index contributed by atoms with van der Waals surface area (Å²) < 4.78 is 2.22. The van der Waals surface area contributed by atoms with Crippen molar-refractivity contribution in [1.29, 1.82) is 0 Å². The molecule has 3 aromatic rings. The molecule has 2 unspecified atom stereocenters. The Morgan fingerprint density at radius 3 is 2.25 bits per heavy atom. The molecule has 2 fully saturated rings. The van der Waals surface area contributed by atoms with Crippen molar-refractivity contribution in [2.75, 3.05) is 36.0 Å². The molecule has 6 nitrogen and oxygen atoms in total. The number of hydrogen-bond donors (Lipinski definition) is 0. The van der Waals surface area contributed by atoms with Gasteiger partial charge in [-0.15, -0.1) is 0 Å². The summed E-state index contributed by atoms with van der Waals surface area (Å²) in [6, 6.07) is 10.2. The van der Waals surface area contributed by atoms with Gasteiger partial charge in [0.05, 0.1) is 11.0 Å². The van der Waals surface area contributed by atoms with Crippen molar-refractivity contribution in [3.05, 3.63) is 42.7 Å². The zero-order valence-electron chi connectivity index (χ0n) is 13.7. The van der Waals surface area contributed by atoms with E-state index in [1.807, 2.05) is 18.5 Å². The summed E-state index contributed by atoms with van der Waals surface area (Å²) in [5.41, 5.74) is 2.27. The highest BCUT2D eigenvalue weighted by Crippen LogP contribution is 2.35. The average molecular weight is 320 g/mol. The fourth-order valence-electron chi connectivity index (χ4n) is 4.19. The van der Waals surface area contributed by atoms with Crippen LogP contribution in [-0.2, 0) is 7.05 Å². The topological polar surface area (TPSA) is 50.1 Å². The SMILES string of the molecule is Cn1c(N2CC3CN(c4ncccn4)CC3C2)nc2ccccc21. The molecule has 2 aliphatic rings. The molecule has 2 saturated heterocycles. The van der Waals surface area contributed by atoms with Crippen molar-refractivity contribution < 1.29 is 0 Å². The highest BCUT2D eigenvalue weighted by molar-refractivity contribution is 5.78. The van der Waals surface area contributed by atoms with Crippen LogP contribution in [0.4, 0.5) is 11.9 Å². The van der Waals surface area contributed by atoms with Gasteiger partial charge < -0.3 is 14.4 Å². The fourth-order valence-corrected chi connectivity index (χ4v) is 4.19. The van der Waals surface area contributed by atoms with Gasteiger partial charge in [-0.2, -0.15) is 0 Å². The van der Waals surface area contributed by atoms with Gasteiger partial charge >= 0.3 is 0 Å². The molecule has 2 aromatic heterocycles. The first-order valence-electron chi connectivity index (χ1n) is 8.48. The van der Waals surface area contributed by atoms with E-state index in [2.05, 4.69) is 55.6 Å². The van der Waals surface area contributed by atoms with E-state index in [1.165, 1.54) is 5.52 Å². The first-order valence-corrected chi connectivity index (χ1v) is 8.48. The number of imidazole rings is 1. The van der Waals surface area contributed by atoms with Gasteiger partial charge in [0, 0.05) is 57.5 Å². The normalized spacial score (nSPS) is 23.2. The third-order valence-electron chi connectivity index (χ3n) is 5.37. The van der Waals surface area contributed by atoms with Crippen LogP contribution >= 0.6 is 0 Å². The van der Waals surface area contributed by atoms with E-state index in [4.69, 9.17) is 4.98 Å². The standard InChI is InChI=1S/C18H20N6/c1-22-16-6-3-2-5-15(16)21-18(22)24-11-13-9-23(10-14(13)12-24)17-19-7-4-8-20-17/h2-8,13-14H,9-12H2,1H3. The Kier molecular flexibility index (Phi) is 2.98. The monoisotopic (exact) mass is 320 g/mol. The number of para-hydroxylation sites is 2. The second kappa shape index (κ2) is 5.19. The summed E-state index contributed by atoms with van der Waals surface area (Å²) in [7, 11) is 2.11. The van der Waals surface area contributed by atoms with Crippen LogP contribution in [0, 0.1) is 11.8 Å². The van der Waals surface area contributed by atoms with E-state index in [0.29, 0.717) is 11.8 Å². The van der Waals surface area contributed by atoms with Gasteiger partial charge in [-0.05, 0) is 18.2 Å². The van der Waals surface area contributed by atoms with Gasteiger partial charge in [0.25, 0.3) is 0 Å². The zero-order valence-corrected chi connectivity index (χ0v) is 13.7. The Morgan fingerprint density at radius 1 is 0.875 bits per heavy atom.